The third-order valence-corrected chi connectivity index (χ3v) is 5.88. The fourth-order valence-electron chi connectivity index (χ4n) is 3.98. The lowest BCUT2D eigenvalue weighted by atomic mass is 9.99. The average molecular weight is 497 g/mol. The molecule has 3 aromatic rings. The van der Waals surface area contributed by atoms with Gasteiger partial charge in [-0.3, -0.25) is 0 Å². The van der Waals surface area contributed by atoms with E-state index in [1.165, 1.54) is 0 Å². The minimum Gasteiger partial charge on any atom is -0.451 e. The van der Waals surface area contributed by atoms with E-state index in [2.05, 4.69) is 0 Å². The van der Waals surface area contributed by atoms with Gasteiger partial charge in [0.25, 0.3) is 0 Å². The summed E-state index contributed by atoms with van der Waals surface area (Å²) in [5, 5.41) is 0. The highest BCUT2D eigenvalue weighted by Gasteiger charge is 2.43. The van der Waals surface area contributed by atoms with Gasteiger partial charge in [-0.1, -0.05) is 91.0 Å². The van der Waals surface area contributed by atoms with Crippen molar-refractivity contribution in [1.82, 2.24) is 0 Å². The number of halogens is 1. The lowest BCUT2D eigenvalue weighted by Gasteiger charge is -2.42. The van der Waals surface area contributed by atoms with Gasteiger partial charge in [0.05, 0.1) is 26.4 Å². The van der Waals surface area contributed by atoms with Crippen LogP contribution in [0.25, 0.3) is 0 Å². The maximum absolute atomic E-state index is 11.3. The van der Waals surface area contributed by atoms with E-state index in [1.807, 2.05) is 91.0 Å². The molecule has 1 saturated heterocycles. The van der Waals surface area contributed by atoms with E-state index in [0.717, 1.165) is 16.7 Å². The maximum Gasteiger partial charge on any atom is 0.403 e. The third-order valence-electron chi connectivity index (χ3n) is 5.77. The molecule has 4 atom stereocenters. The summed E-state index contributed by atoms with van der Waals surface area (Å²) in [4.78, 5) is 11.3. The van der Waals surface area contributed by atoms with Crippen LogP contribution in [0.5, 0.6) is 0 Å². The van der Waals surface area contributed by atoms with Gasteiger partial charge in [-0.15, -0.1) is 0 Å². The summed E-state index contributed by atoms with van der Waals surface area (Å²) in [5.41, 5.74) is 2.20. The van der Waals surface area contributed by atoms with Crippen molar-refractivity contribution >= 4 is 17.0 Å². The summed E-state index contributed by atoms with van der Waals surface area (Å²) in [6.07, 6.45) is -1.96. The second kappa shape index (κ2) is 13.4. The van der Waals surface area contributed by atoms with Crippen LogP contribution < -0.4 is 0 Å². The predicted molar refractivity (Wildman–Crippen MR) is 132 cm³/mol. The van der Waals surface area contributed by atoms with Crippen molar-refractivity contribution in [3.05, 3.63) is 108 Å². The number of carbonyl (C=O) groups excluding carboxylic acids is 1. The van der Waals surface area contributed by atoms with Gasteiger partial charge in [0.2, 0.25) is 0 Å². The lowest BCUT2D eigenvalue weighted by molar-refractivity contribution is -0.243. The van der Waals surface area contributed by atoms with Crippen molar-refractivity contribution < 1.29 is 28.5 Å². The minimum atomic E-state index is -0.889. The van der Waals surface area contributed by atoms with E-state index in [-0.39, 0.29) is 19.3 Å². The van der Waals surface area contributed by atoms with Gasteiger partial charge in [0.1, 0.15) is 31.0 Å². The summed E-state index contributed by atoms with van der Waals surface area (Å²) in [6, 6.07) is 29.7. The zero-order chi connectivity index (χ0) is 24.3. The fraction of sp³-hybridized carbons (Fsp3) is 0.321. The second-order valence-corrected chi connectivity index (χ2v) is 8.59. The van der Waals surface area contributed by atoms with Crippen molar-refractivity contribution in [1.29, 1.82) is 0 Å². The van der Waals surface area contributed by atoms with E-state index in [0.29, 0.717) is 19.8 Å². The molecule has 3 aromatic carbocycles. The summed E-state index contributed by atoms with van der Waals surface area (Å²) in [6.45, 7) is 1.36. The average Bonchev–Trinajstić information content (AvgIpc) is 2.90. The van der Waals surface area contributed by atoms with Crippen molar-refractivity contribution in [3.8, 4) is 0 Å². The number of ether oxygens (including phenoxy) is 5. The molecule has 184 valence electrons. The Morgan fingerprint density at radius 1 is 0.714 bits per heavy atom. The summed E-state index contributed by atoms with van der Waals surface area (Å²) in [7, 11) is 0. The van der Waals surface area contributed by atoms with E-state index in [4.69, 9.17) is 35.3 Å². The Labute approximate surface area is 210 Å². The van der Waals surface area contributed by atoms with Crippen molar-refractivity contribution in [3.63, 3.8) is 0 Å². The first-order chi connectivity index (χ1) is 17.2. The van der Waals surface area contributed by atoms with E-state index >= 15 is 0 Å². The molecule has 1 aliphatic rings. The number of benzene rings is 3. The molecule has 1 heterocycles. The summed E-state index contributed by atoms with van der Waals surface area (Å²) >= 11 is 5.43. The molecular weight excluding hydrogens is 468 g/mol. The standard InChI is InChI=1S/C28H29ClO6/c29-28(30)35-20-25-27(34-18-23-14-8-3-9-15-23)26(33-17-22-12-6-2-7-13-22)24(19-32-25)31-16-21-10-4-1-5-11-21/h1-15,24-27H,16-20H2/t24?,25?,26?,27-/m1/s1. The Hall–Kier alpha value is -2.74. The Bertz CT molecular complexity index is 1020. The van der Waals surface area contributed by atoms with Gasteiger partial charge in [-0.2, -0.15) is 0 Å². The van der Waals surface area contributed by atoms with E-state index in [9.17, 15) is 4.79 Å². The molecule has 0 radical (unpaired) electrons. The molecule has 0 N–H and O–H groups in total. The maximum atomic E-state index is 11.3. The van der Waals surface area contributed by atoms with Crippen LogP contribution >= 0.6 is 11.6 Å². The largest absolute Gasteiger partial charge is 0.451 e. The predicted octanol–water partition coefficient (Wildman–Crippen LogP) is 5.52. The molecule has 4 rings (SSSR count). The highest BCUT2D eigenvalue weighted by molar-refractivity contribution is 6.61. The smallest absolute Gasteiger partial charge is 0.403 e. The molecular formula is C28H29ClO6. The SMILES string of the molecule is O=C(Cl)OCC1OCC(OCc2ccccc2)C(OCc2ccccc2)[C@@H]1OCc1ccccc1. The lowest BCUT2D eigenvalue weighted by Crippen LogP contribution is -2.57. The molecule has 35 heavy (non-hydrogen) atoms. The van der Waals surface area contributed by atoms with Gasteiger partial charge < -0.3 is 23.7 Å². The second-order valence-electron chi connectivity index (χ2n) is 8.28. The molecule has 1 aliphatic heterocycles. The Kier molecular flexibility index (Phi) is 9.69. The number of carbonyl (C=O) groups is 1. The molecule has 7 heteroatoms. The normalized spacial score (nSPS) is 22.0. The topological polar surface area (TPSA) is 63.2 Å². The van der Waals surface area contributed by atoms with Gasteiger partial charge in [-0.25, -0.2) is 4.79 Å². The molecule has 0 aliphatic carbocycles. The molecule has 1 fully saturated rings. The highest BCUT2D eigenvalue weighted by atomic mass is 35.5. The monoisotopic (exact) mass is 496 g/mol. The van der Waals surface area contributed by atoms with Crippen molar-refractivity contribution in [2.45, 2.75) is 44.2 Å². The number of hydrogen-bond donors (Lipinski definition) is 0. The first kappa shape index (κ1) is 25.4. The summed E-state index contributed by atoms with van der Waals surface area (Å²) < 4.78 is 30.1. The van der Waals surface area contributed by atoms with Crippen LogP contribution in [0.3, 0.4) is 0 Å². The van der Waals surface area contributed by atoms with Gasteiger partial charge in [0.15, 0.2) is 0 Å². The van der Waals surface area contributed by atoms with Crippen LogP contribution in [-0.4, -0.2) is 43.1 Å². The van der Waals surface area contributed by atoms with Crippen LogP contribution in [0.2, 0.25) is 0 Å². The molecule has 0 spiro atoms. The van der Waals surface area contributed by atoms with Crippen LogP contribution in [0, 0.1) is 0 Å². The Morgan fingerprint density at radius 2 is 1.17 bits per heavy atom. The minimum absolute atomic E-state index is 0.0433. The van der Waals surface area contributed by atoms with Crippen LogP contribution in [0.15, 0.2) is 91.0 Å². The molecule has 0 aromatic heterocycles. The zero-order valence-corrected chi connectivity index (χ0v) is 20.1. The quantitative estimate of drug-likeness (QED) is 0.326. The van der Waals surface area contributed by atoms with Gasteiger partial charge in [-0.05, 0) is 16.7 Å². The number of rotatable bonds is 11. The fourth-order valence-corrected chi connectivity index (χ4v) is 4.04. The Balaban J connectivity index is 1.52. The molecule has 6 nitrogen and oxygen atoms in total. The highest BCUT2D eigenvalue weighted by Crippen LogP contribution is 2.27. The van der Waals surface area contributed by atoms with Gasteiger partial charge in [0, 0.05) is 11.6 Å². The van der Waals surface area contributed by atoms with Gasteiger partial charge >= 0.3 is 5.43 Å². The van der Waals surface area contributed by atoms with E-state index in [1.54, 1.807) is 0 Å². The van der Waals surface area contributed by atoms with E-state index < -0.39 is 23.7 Å². The van der Waals surface area contributed by atoms with Crippen LogP contribution in [-0.2, 0) is 43.5 Å². The molecule has 0 amide bonds. The number of hydrogen-bond acceptors (Lipinski definition) is 6. The molecule has 0 bridgehead atoms. The summed E-state index contributed by atoms with van der Waals surface area (Å²) in [5.74, 6) is 0. The zero-order valence-electron chi connectivity index (χ0n) is 19.3. The molecule has 3 unspecified atom stereocenters. The van der Waals surface area contributed by atoms with Crippen LogP contribution in [0.1, 0.15) is 16.7 Å². The third kappa shape index (κ3) is 7.88. The van der Waals surface area contributed by atoms with Crippen LogP contribution in [0.4, 0.5) is 4.79 Å². The van der Waals surface area contributed by atoms with Crippen molar-refractivity contribution in [2.24, 2.45) is 0 Å². The van der Waals surface area contributed by atoms with Crippen molar-refractivity contribution in [2.75, 3.05) is 13.2 Å². The first-order valence-electron chi connectivity index (χ1n) is 11.6. The Morgan fingerprint density at radius 3 is 1.66 bits per heavy atom. The molecule has 0 saturated carbocycles. The first-order valence-corrected chi connectivity index (χ1v) is 12.0.